The molecule has 3 heterocycles. The number of aromatic carboxylic acids is 1. The Bertz CT molecular complexity index is 1650. The second-order valence-corrected chi connectivity index (χ2v) is 10.9. The van der Waals surface area contributed by atoms with E-state index < -0.39 is 40.5 Å². The van der Waals surface area contributed by atoms with Gasteiger partial charge in [-0.2, -0.15) is 0 Å². The molecule has 0 unspecified atom stereocenters. The lowest BCUT2D eigenvalue weighted by molar-refractivity contribution is -0.138. The molecule has 2 aliphatic rings. The van der Waals surface area contributed by atoms with Gasteiger partial charge in [-0.1, -0.05) is 0 Å². The Morgan fingerprint density at radius 1 is 0.705 bits per heavy atom. The van der Waals surface area contributed by atoms with E-state index in [1.165, 1.54) is 22.8 Å². The first-order valence-corrected chi connectivity index (χ1v) is 14.3. The highest BCUT2D eigenvalue weighted by atomic mass is 19.1. The molecule has 3 aromatic rings. The topological polar surface area (TPSA) is 147 Å². The van der Waals surface area contributed by atoms with Crippen LogP contribution in [0, 0.1) is 11.6 Å². The lowest BCUT2D eigenvalue weighted by atomic mass is 10.1. The highest BCUT2D eigenvalue weighted by molar-refractivity contribution is 5.94. The summed E-state index contributed by atoms with van der Waals surface area (Å²) in [7, 11) is 0. The van der Waals surface area contributed by atoms with Crippen LogP contribution >= 0.6 is 0 Å². The average molecular weight is 614 g/mol. The number of nitrogens with zero attached hydrogens (tertiary/aromatic N) is 5. The number of pyridine rings is 1. The zero-order chi connectivity index (χ0) is 31.5. The Hall–Kier alpha value is -4.56. The van der Waals surface area contributed by atoms with Crippen LogP contribution in [0.2, 0.25) is 0 Å². The number of carboxylic acid groups (broad SMARTS) is 3. The van der Waals surface area contributed by atoms with Gasteiger partial charge < -0.3 is 29.7 Å². The van der Waals surface area contributed by atoms with E-state index in [1.54, 1.807) is 11.0 Å². The van der Waals surface area contributed by atoms with Crippen LogP contribution in [0.5, 0.6) is 0 Å². The van der Waals surface area contributed by atoms with Crippen LogP contribution in [-0.4, -0.2) is 113 Å². The molecule has 2 saturated heterocycles. The molecule has 0 aliphatic carbocycles. The van der Waals surface area contributed by atoms with Gasteiger partial charge in [0.15, 0.2) is 0 Å². The van der Waals surface area contributed by atoms with E-state index >= 15 is 8.78 Å². The molecule has 0 amide bonds. The van der Waals surface area contributed by atoms with Gasteiger partial charge in [-0.15, -0.1) is 0 Å². The molecule has 0 atom stereocenters. The second-order valence-electron chi connectivity index (χ2n) is 10.9. The number of halogens is 2. The zero-order valence-electron chi connectivity index (χ0n) is 23.9. The van der Waals surface area contributed by atoms with Crippen molar-refractivity contribution in [3.63, 3.8) is 0 Å². The Morgan fingerprint density at radius 3 is 1.77 bits per heavy atom. The van der Waals surface area contributed by atoms with E-state index in [9.17, 15) is 24.3 Å². The summed E-state index contributed by atoms with van der Waals surface area (Å²) in [5.41, 5.74) is -0.617. The van der Waals surface area contributed by atoms with E-state index in [1.807, 2.05) is 14.7 Å². The Morgan fingerprint density at radius 2 is 1.25 bits per heavy atom. The van der Waals surface area contributed by atoms with Gasteiger partial charge in [0.05, 0.1) is 29.7 Å². The monoisotopic (exact) mass is 613 g/mol. The molecule has 1 aromatic heterocycles. The molecular weight excluding hydrogens is 580 g/mol. The third-order valence-electron chi connectivity index (χ3n) is 8.23. The minimum absolute atomic E-state index is 0.00409. The normalized spacial score (nSPS) is 16.4. The maximum atomic E-state index is 15.8. The van der Waals surface area contributed by atoms with Crippen molar-refractivity contribution in [3.8, 4) is 5.69 Å². The number of hydrogen-bond donors (Lipinski definition) is 3. The van der Waals surface area contributed by atoms with Gasteiger partial charge >= 0.3 is 17.9 Å². The molecule has 12 nitrogen and oxygen atoms in total. The number of aliphatic carboxylic acids is 2. The van der Waals surface area contributed by atoms with Gasteiger partial charge in [-0.05, 0) is 30.3 Å². The Labute approximate surface area is 250 Å². The number of fused-ring (bicyclic) bond motifs is 1. The summed E-state index contributed by atoms with van der Waals surface area (Å²) in [6, 6.07) is 6.92. The van der Waals surface area contributed by atoms with Crippen LogP contribution in [0.15, 0.2) is 41.3 Å². The van der Waals surface area contributed by atoms with Crippen molar-refractivity contribution >= 4 is 40.2 Å². The largest absolute Gasteiger partial charge is 0.481 e. The SMILES string of the molecule is O=C(O)CCN1CCN(c2ccc(-n3cc(C(=O)O)c(=O)c4cc(F)c(N5CCN(CCC(=O)O)CC5)cc43)c(F)c2)CC1. The highest BCUT2D eigenvalue weighted by Gasteiger charge is 2.25. The molecule has 44 heavy (non-hydrogen) atoms. The molecule has 2 aromatic carbocycles. The maximum absolute atomic E-state index is 15.8. The van der Waals surface area contributed by atoms with Crippen molar-refractivity contribution in [2.75, 3.05) is 75.2 Å². The highest BCUT2D eigenvalue weighted by Crippen LogP contribution is 2.30. The zero-order valence-corrected chi connectivity index (χ0v) is 23.9. The third kappa shape index (κ3) is 6.65. The third-order valence-corrected chi connectivity index (χ3v) is 8.23. The van der Waals surface area contributed by atoms with Crippen LogP contribution in [0.25, 0.3) is 16.6 Å². The quantitative estimate of drug-likeness (QED) is 0.309. The van der Waals surface area contributed by atoms with Gasteiger partial charge in [0.2, 0.25) is 5.43 Å². The van der Waals surface area contributed by atoms with E-state index in [0.717, 1.165) is 12.3 Å². The Balaban J connectivity index is 1.45. The molecule has 3 N–H and O–H groups in total. The molecular formula is C30H33F2N5O7. The molecule has 0 spiro atoms. The van der Waals surface area contributed by atoms with E-state index in [4.69, 9.17) is 10.2 Å². The lowest BCUT2D eigenvalue weighted by Crippen LogP contribution is -2.47. The molecule has 0 saturated carbocycles. The molecule has 5 rings (SSSR count). The summed E-state index contributed by atoms with van der Waals surface area (Å²) in [5.74, 6) is -4.68. The number of benzene rings is 2. The van der Waals surface area contributed by atoms with Gasteiger partial charge in [-0.3, -0.25) is 24.2 Å². The van der Waals surface area contributed by atoms with E-state index in [2.05, 4.69) is 0 Å². The van der Waals surface area contributed by atoms with E-state index in [0.29, 0.717) is 71.1 Å². The lowest BCUT2D eigenvalue weighted by Gasteiger charge is -2.36. The van der Waals surface area contributed by atoms with Crippen molar-refractivity contribution in [1.82, 2.24) is 14.4 Å². The number of aromatic nitrogens is 1. The number of piperazine rings is 2. The predicted octanol–water partition coefficient (Wildman–Crippen LogP) is 2.16. The number of hydrogen-bond acceptors (Lipinski definition) is 8. The fraction of sp³-hybridized carbons (Fsp3) is 0.400. The van der Waals surface area contributed by atoms with Gasteiger partial charge in [0, 0.05) is 82.7 Å². The van der Waals surface area contributed by atoms with E-state index in [-0.39, 0.29) is 35.1 Å². The van der Waals surface area contributed by atoms with Gasteiger partial charge in [0.25, 0.3) is 0 Å². The van der Waals surface area contributed by atoms with Crippen LogP contribution in [-0.2, 0) is 9.59 Å². The van der Waals surface area contributed by atoms with Gasteiger partial charge in [0.1, 0.15) is 17.2 Å². The second kappa shape index (κ2) is 13.0. The fourth-order valence-corrected chi connectivity index (χ4v) is 5.77. The smallest absolute Gasteiger partial charge is 0.341 e. The Kier molecular flexibility index (Phi) is 9.11. The predicted molar refractivity (Wildman–Crippen MR) is 158 cm³/mol. The first-order valence-electron chi connectivity index (χ1n) is 14.3. The summed E-state index contributed by atoms with van der Waals surface area (Å²) in [5, 5.41) is 27.4. The average Bonchev–Trinajstić information content (AvgIpc) is 3.00. The fourth-order valence-electron chi connectivity index (χ4n) is 5.77. The summed E-state index contributed by atoms with van der Waals surface area (Å²) < 4.78 is 32.4. The van der Waals surface area contributed by atoms with Crippen LogP contribution < -0.4 is 15.2 Å². The first kappa shape index (κ1) is 30.9. The van der Waals surface area contributed by atoms with Crippen LogP contribution in [0.4, 0.5) is 20.2 Å². The molecule has 234 valence electrons. The number of anilines is 2. The molecule has 0 radical (unpaired) electrons. The molecule has 2 fully saturated rings. The molecule has 2 aliphatic heterocycles. The standard InChI is InChI=1S/C30H33F2N5O7/c31-22-15-19(35-11-7-33(8-12-35)5-3-27(38)39)1-2-24(22)37-18-21(30(43)44)29(42)20-16-23(32)26(17-25(20)37)36-13-9-34(10-14-36)6-4-28(40)41/h1-2,15-18H,3-14H2,(H,38,39)(H,40,41)(H,43,44). The summed E-state index contributed by atoms with van der Waals surface area (Å²) in [6.45, 7) is 4.96. The summed E-state index contributed by atoms with van der Waals surface area (Å²) in [6.07, 6.45) is 1.09. The minimum atomic E-state index is -1.52. The van der Waals surface area contributed by atoms with Crippen LogP contribution in [0.3, 0.4) is 0 Å². The summed E-state index contributed by atoms with van der Waals surface area (Å²) >= 11 is 0. The van der Waals surface area contributed by atoms with Crippen molar-refractivity contribution in [1.29, 1.82) is 0 Å². The van der Waals surface area contributed by atoms with Crippen molar-refractivity contribution in [2.24, 2.45) is 0 Å². The number of rotatable bonds is 10. The van der Waals surface area contributed by atoms with Crippen LogP contribution in [0.1, 0.15) is 23.2 Å². The minimum Gasteiger partial charge on any atom is -0.481 e. The van der Waals surface area contributed by atoms with Crippen molar-refractivity contribution < 1.29 is 38.5 Å². The van der Waals surface area contributed by atoms with Crippen molar-refractivity contribution in [3.05, 3.63) is 63.9 Å². The first-order chi connectivity index (χ1) is 21.0. The molecule has 0 bridgehead atoms. The number of carboxylic acids is 3. The molecule has 14 heteroatoms. The maximum Gasteiger partial charge on any atom is 0.341 e. The summed E-state index contributed by atoms with van der Waals surface area (Å²) in [4.78, 5) is 54.5. The number of carbonyl (C=O) groups is 3. The van der Waals surface area contributed by atoms with Gasteiger partial charge in [-0.25, -0.2) is 13.6 Å². The van der Waals surface area contributed by atoms with Crippen molar-refractivity contribution in [2.45, 2.75) is 12.8 Å².